The first-order valence-corrected chi connectivity index (χ1v) is 6.85. The molecular formula is C14H18FNO2S. The Labute approximate surface area is 117 Å². The predicted octanol–water partition coefficient (Wildman–Crippen LogP) is 2.55. The zero-order valence-electron chi connectivity index (χ0n) is 10.7. The average Bonchev–Trinajstić information content (AvgIpc) is 2.39. The average molecular weight is 283 g/mol. The smallest absolute Gasteiger partial charge is 0.123 e. The summed E-state index contributed by atoms with van der Waals surface area (Å²) in [5.74, 6) is -0.312. The highest BCUT2D eigenvalue weighted by Gasteiger charge is 2.14. The summed E-state index contributed by atoms with van der Waals surface area (Å²) in [5, 5.41) is 0. The summed E-state index contributed by atoms with van der Waals surface area (Å²) >= 11 is 4.94. The highest BCUT2D eigenvalue weighted by Crippen LogP contribution is 2.16. The van der Waals surface area contributed by atoms with Crippen LogP contribution >= 0.6 is 12.2 Å². The van der Waals surface area contributed by atoms with Crippen LogP contribution in [0.3, 0.4) is 0 Å². The van der Waals surface area contributed by atoms with Gasteiger partial charge in [-0.05, 0) is 43.0 Å². The third-order valence-corrected chi connectivity index (χ3v) is 3.39. The van der Waals surface area contributed by atoms with Crippen molar-refractivity contribution in [3.63, 3.8) is 0 Å². The van der Waals surface area contributed by atoms with Crippen LogP contribution in [-0.4, -0.2) is 24.3 Å². The second-order valence-electron chi connectivity index (χ2n) is 4.67. The van der Waals surface area contributed by atoms with Crippen molar-refractivity contribution in [3.8, 4) is 0 Å². The van der Waals surface area contributed by atoms with Gasteiger partial charge >= 0.3 is 0 Å². The van der Waals surface area contributed by atoms with E-state index in [1.807, 2.05) is 0 Å². The molecule has 1 saturated heterocycles. The maximum Gasteiger partial charge on any atom is 0.123 e. The third-order valence-electron chi connectivity index (χ3n) is 3.17. The fourth-order valence-electron chi connectivity index (χ4n) is 2.16. The minimum atomic E-state index is -0.312. The van der Waals surface area contributed by atoms with Gasteiger partial charge in [-0.3, -0.25) is 0 Å². The summed E-state index contributed by atoms with van der Waals surface area (Å²) in [7, 11) is 0. The van der Waals surface area contributed by atoms with Crippen LogP contribution in [0, 0.1) is 5.82 Å². The van der Waals surface area contributed by atoms with E-state index in [4.69, 9.17) is 27.4 Å². The molecule has 0 bridgehead atoms. The molecule has 1 aliphatic rings. The van der Waals surface area contributed by atoms with Gasteiger partial charge in [0.25, 0.3) is 0 Å². The maximum atomic E-state index is 13.2. The summed E-state index contributed by atoms with van der Waals surface area (Å²) in [5.41, 5.74) is 6.96. The van der Waals surface area contributed by atoms with E-state index >= 15 is 0 Å². The molecule has 0 saturated carbocycles. The molecule has 1 aromatic rings. The topological polar surface area (TPSA) is 44.5 Å². The molecule has 1 aliphatic heterocycles. The van der Waals surface area contributed by atoms with E-state index in [0.29, 0.717) is 24.3 Å². The van der Waals surface area contributed by atoms with E-state index in [-0.39, 0.29) is 16.9 Å². The van der Waals surface area contributed by atoms with Gasteiger partial charge in [-0.2, -0.15) is 0 Å². The van der Waals surface area contributed by atoms with Gasteiger partial charge < -0.3 is 15.2 Å². The van der Waals surface area contributed by atoms with Crippen molar-refractivity contribution in [1.29, 1.82) is 0 Å². The number of rotatable bonds is 5. The van der Waals surface area contributed by atoms with E-state index in [9.17, 15) is 4.39 Å². The molecule has 0 amide bonds. The van der Waals surface area contributed by atoms with Crippen LogP contribution in [-0.2, 0) is 16.1 Å². The number of halogens is 1. The quantitative estimate of drug-likeness (QED) is 0.844. The molecule has 1 atom stereocenters. The molecule has 19 heavy (non-hydrogen) atoms. The summed E-state index contributed by atoms with van der Waals surface area (Å²) < 4.78 is 24.4. The normalized spacial score (nSPS) is 19.3. The number of benzene rings is 1. The summed E-state index contributed by atoms with van der Waals surface area (Å²) in [4.78, 5) is 0.257. The lowest BCUT2D eigenvalue weighted by Crippen LogP contribution is -2.24. The second kappa shape index (κ2) is 6.93. The molecule has 1 aromatic carbocycles. The Morgan fingerprint density at radius 2 is 2.32 bits per heavy atom. The third kappa shape index (κ3) is 4.23. The van der Waals surface area contributed by atoms with Crippen molar-refractivity contribution in [3.05, 3.63) is 35.1 Å². The largest absolute Gasteiger partial charge is 0.389 e. The summed E-state index contributed by atoms with van der Waals surface area (Å²) in [6.45, 7) is 1.61. The van der Waals surface area contributed by atoms with Gasteiger partial charge in [-0.1, -0.05) is 12.2 Å². The number of thiocarbonyl (C=S) groups is 1. The second-order valence-corrected chi connectivity index (χ2v) is 5.11. The number of ether oxygens (including phenoxy) is 2. The minimum absolute atomic E-state index is 0.149. The zero-order valence-corrected chi connectivity index (χ0v) is 11.5. The molecule has 1 heterocycles. The Kier molecular flexibility index (Phi) is 5.24. The van der Waals surface area contributed by atoms with Gasteiger partial charge in [0.1, 0.15) is 10.8 Å². The van der Waals surface area contributed by atoms with E-state index in [1.54, 1.807) is 6.07 Å². The zero-order chi connectivity index (χ0) is 13.7. The first-order valence-electron chi connectivity index (χ1n) is 6.44. The van der Waals surface area contributed by atoms with Gasteiger partial charge in [0, 0.05) is 12.2 Å². The molecule has 0 radical (unpaired) electrons. The van der Waals surface area contributed by atoms with Crippen LogP contribution in [0.5, 0.6) is 0 Å². The van der Waals surface area contributed by atoms with Gasteiger partial charge in [0.05, 0.1) is 19.3 Å². The van der Waals surface area contributed by atoms with Crippen molar-refractivity contribution >= 4 is 17.2 Å². The highest BCUT2D eigenvalue weighted by atomic mass is 32.1. The van der Waals surface area contributed by atoms with E-state index in [2.05, 4.69) is 0 Å². The van der Waals surface area contributed by atoms with Crippen LogP contribution in [0.15, 0.2) is 18.2 Å². The maximum absolute atomic E-state index is 13.2. The molecule has 2 N–H and O–H groups in total. The fraction of sp³-hybridized carbons (Fsp3) is 0.500. The van der Waals surface area contributed by atoms with Crippen LogP contribution in [0.25, 0.3) is 0 Å². The first kappa shape index (κ1) is 14.4. The van der Waals surface area contributed by atoms with Crippen molar-refractivity contribution in [2.24, 2.45) is 5.73 Å². The van der Waals surface area contributed by atoms with Gasteiger partial charge in [0.2, 0.25) is 0 Å². The number of nitrogens with two attached hydrogens (primary N) is 1. The van der Waals surface area contributed by atoms with Crippen molar-refractivity contribution in [1.82, 2.24) is 0 Å². The molecule has 0 aromatic heterocycles. The Morgan fingerprint density at radius 3 is 3.00 bits per heavy atom. The first-order chi connectivity index (χ1) is 9.16. The standard InChI is InChI=1S/C14H18FNO2S/c15-11-4-5-13(14(16)19)10(7-11)8-17-9-12-3-1-2-6-18-12/h4-5,7,12H,1-3,6,8-9H2,(H2,16,19). The molecule has 0 aliphatic carbocycles. The Bertz CT molecular complexity index is 447. The summed E-state index contributed by atoms with van der Waals surface area (Å²) in [6.07, 6.45) is 3.46. The molecular weight excluding hydrogens is 265 g/mol. The van der Waals surface area contributed by atoms with E-state index in [0.717, 1.165) is 19.4 Å². The molecule has 3 nitrogen and oxygen atoms in total. The van der Waals surface area contributed by atoms with Gasteiger partial charge in [0.15, 0.2) is 0 Å². The van der Waals surface area contributed by atoms with Gasteiger partial charge in [-0.25, -0.2) is 4.39 Å². The molecule has 2 rings (SSSR count). The fourth-order valence-corrected chi connectivity index (χ4v) is 2.36. The van der Waals surface area contributed by atoms with Crippen molar-refractivity contribution in [2.75, 3.05) is 13.2 Å². The lowest BCUT2D eigenvalue weighted by Gasteiger charge is -2.22. The Hall–Kier alpha value is -1.04. The van der Waals surface area contributed by atoms with Crippen LogP contribution in [0.2, 0.25) is 0 Å². The number of hydrogen-bond donors (Lipinski definition) is 1. The lowest BCUT2D eigenvalue weighted by atomic mass is 10.1. The highest BCUT2D eigenvalue weighted by molar-refractivity contribution is 7.80. The van der Waals surface area contributed by atoms with Crippen LogP contribution in [0.4, 0.5) is 4.39 Å². The monoisotopic (exact) mass is 283 g/mol. The van der Waals surface area contributed by atoms with E-state index in [1.165, 1.54) is 18.6 Å². The molecule has 1 unspecified atom stereocenters. The lowest BCUT2D eigenvalue weighted by molar-refractivity contribution is -0.0448. The SMILES string of the molecule is NC(=S)c1ccc(F)cc1COCC1CCCCO1. The van der Waals surface area contributed by atoms with Crippen molar-refractivity contribution in [2.45, 2.75) is 32.0 Å². The summed E-state index contributed by atoms with van der Waals surface area (Å²) in [6, 6.07) is 4.35. The van der Waals surface area contributed by atoms with Crippen LogP contribution in [0.1, 0.15) is 30.4 Å². The Balaban J connectivity index is 1.91. The van der Waals surface area contributed by atoms with Gasteiger partial charge in [-0.15, -0.1) is 0 Å². The number of hydrogen-bond acceptors (Lipinski definition) is 3. The molecule has 104 valence electrons. The molecule has 5 heteroatoms. The van der Waals surface area contributed by atoms with Crippen LogP contribution < -0.4 is 5.73 Å². The molecule has 0 spiro atoms. The predicted molar refractivity (Wildman–Crippen MR) is 75.5 cm³/mol. The van der Waals surface area contributed by atoms with E-state index < -0.39 is 0 Å². The minimum Gasteiger partial charge on any atom is -0.389 e. The molecule has 1 fully saturated rings. The van der Waals surface area contributed by atoms with Crippen molar-refractivity contribution < 1.29 is 13.9 Å². The Morgan fingerprint density at radius 1 is 1.47 bits per heavy atom.